The van der Waals surface area contributed by atoms with Crippen LogP contribution >= 0.6 is 15.9 Å². The topological polar surface area (TPSA) is 68.5 Å². The van der Waals surface area contributed by atoms with E-state index in [1.807, 2.05) is 0 Å². The van der Waals surface area contributed by atoms with Crippen LogP contribution in [-0.2, 0) is 6.54 Å². The number of aromatic nitrogens is 1. The summed E-state index contributed by atoms with van der Waals surface area (Å²) in [7, 11) is 0. The molecule has 128 valence electrons. The van der Waals surface area contributed by atoms with Gasteiger partial charge in [0, 0.05) is 10.0 Å². The van der Waals surface area contributed by atoms with Crippen molar-refractivity contribution in [1.29, 1.82) is 0 Å². The molecule has 2 aromatic carbocycles. The average Bonchev–Trinajstić information content (AvgIpc) is 2.53. The Hall–Kier alpha value is -2.74. The standard InChI is InChI=1S/C17H10BrF2NO4/c18-10-2-1-9(13(20)5-10)7-21-8-15(25-17(23)24)16(22)12-6-11(19)3-4-14(12)21/h1-6,8H,7H2,(H,23,24). The molecular formula is C17H10BrF2NO4. The lowest BCUT2D eigenvalue weighted by atomic mass is 10.1. The molecule has 25 heavy (non-hydrogen) atoms. The van der Waals surface area contributed by atoms with Crippen molar-refractivity contribution in [3.8, 4) is 5.75 Å². The molecule has 3 rings (SSSR count). The van der Waals surface area contributed by atoms with Gasteiger partial charge in [-0.25, -0.2) is 13.6 Å². The summed E-state index contributed by atoms with van der Waals surface area (Å²) in [5.41, 5.74) is -0.130. The molecule has 1 N–H and O–H groups in total. The number of ether oxygens (including phenoxy) is 1. The number of carbonyl (C=O) groups is 1. The van der Waals surface area contributed by atoms with Crippen LogP contribution in [0.5, 0.6) is 5.75 Å². The molecule has 0 unspecified atom stereocenters. The molecule has 0 fully saturated rings. The van der Waals surface area contributed by atoms with Crippen molar-refractivity contribution < 1.29 is 23.4 Å². The van der Waals surface area contributed by atoms with Crippen molar-refractivity contribution in [2.24, 2.45) is 0 Å². The molecule has 8 heteroatoms. The van der Waals surface area contributed by atoms with Crippen molar-refractivity contribution in [2.75, 3.05) is 0 Å². The summed E-state index contributed by atoms with van der Waals surface area (Å²) in [6.45, 7) is -0.00248. The molecule has 0 atom stereocenters. The second kappa shape index (κ2) is 6.64. The van der Waals surface area contributed by atoms with Crippen LogP contribution in [0.3, 0.4) is 0 Å². The third kappa shape index (κ3) is 3.53. The first-order chi connectivity index (χ1) is 11.8. The fraction of sp³-hybridized carbons (Fsp3) is 0.0588. The van der Waals surface area contributed by atoms with Crippen molar-refractivity contribution in [3.05, 3.63) is 74.5 Å². The van der Waals surface area contributed by atoms with E-state index in [0.717, 1.165) is 18.3 Å². The molecule has 0 aliphatic heterocycles. The first-order valence-electron chi connectivity index (χ1n) is 7.02. The largest absolute Gasteiger partial charge is 0.511 e. The molecule has 1 heterocycles. The summed E-state index contributed by atoms with van der Waals surface area (Å²) in [4.78, 5) is 23.1. The lowest BCUT2D eigenvalue weighted by Gasteiger charge is -2.13. The third-order valence-corrected chi connectivity index (χ3v) is 4.06. The van der Waals surface area contributed by atoms with E-state index < -0.39 is 29.0 Å². The van der Waals surface area contributed by atoms with Crippen LogP contribution in [0.4, 0.5) is 13.6 Å². The fourth-order valence-electron chi connectivity index (χ4n) is 2.47. The maximum absolute atomic E-state index is 14.1. The zero-order chi connectivity index (χ0) is 18.1. The van der Waals surface area contributed by atoms with Crippen LogP contribution in [0, 0.1) is 11.6 Å². The van der Waals surface area contributed by atoms with E-state index in [-0.39, 0.29) is 11.9 Å². The highest BCUT2D eigenvalue weighted by Crippen LogP contribution is 2.21. The lowest BCUT2D eigenvalue weighted by molar-refractivity contribution is 0.144. The molecule has 0 aliphatic rings. The molecule has 0 saturated carbocycles. The zero-order valence-electron chi connectivity index (χ0n) is 12.5. The van der Waals surface area contributed by atoms with E-state index in [4.69, 9.17) is 5.11 Å². The Kier molecular flexibility index (Phi) is 4.54. The average molecular weight is 410 g/mol. The van der Waals surface area contributed by atoms with Gasteiger partial charge in [-0.05, 0) is 30.3 Å². The molecule has 5 nitrogen and oxygen atoms in total. The highest BCUT2D eigenvalue weighted by Gasteiger charge is 2.15. The Labute approximate surface area is 148 Å². The van der Waals surface area contributed by atoms with Gasteiger partial charge in [0.25, 0.3) is 0 Å². The minimum Gasteiger partial charge on any atom is -0.449 e. The summed E-state index contributed by atoms with van der Waals surface area (Å²) in [6.07, 6.45) is -0.507. The minimum atomic E-state index is -1.67. The van der Waals surface area contributed by atoms with Gasteiger partial charge in [0.05, 0.1) is 23.6 Å². The van der Waals surface area contributed by atoms with E-state index in [2.05, 4.69) is 20.7 Å². The molecular weight excluding hydrogens is 400 g/mol. The Morgan fingerprint density at radius 2 is 1.96 bits per heavy atom. The number of hydrogen-bond donors (Lipinski definition) is 1. The molecule has 0 aliphatic carbocycles. The van der Waals surface area contributed by atoms with Gasteiger partial charge in [-0.1, -0.05) is 22.0 Å². The first-order valence-corrected chi connectivity index (χ1v) is 7.82. The van der Waals surface area contributed by atoms with Crippen molar-refractivity contribution in [3.63, 3.8) is 0 Å². The second-order valence-corrected chi connectivity index (χ2v) is 6.13. The molecule has 0 radical (unpaired) electrons. The van der Waals surface area contributed by atoms with E-state index >= 15 is 0 Å². The molecule has 0 saturated heterocycles. The fourth-order valence-corrected chi connectivity index (χ4v) is 2.81. The van der Waals surface area contributed by atoms with Gasteiger partial charge in [0.2, 0.25) is 5.43 Å². The van der Waals surface area contributed by atoms with E-state index in [1.165, 1.54) is 16.7 Å². The van der Waals surface area contributed by atoms with Crippen LogP contribution in [0.25, 0.3) is 10.9 Å². The van der Waals surface area contributed by atoms with Crippen LogP contribution < -0.4 is 10.2 Å². The van der Waals surface area contributed by atoms with Crippen LogP contribution in [0.1, 0.15) is 5.56 Å². The highest BCUT2D eigenvalue weighted by atomic mass is 79.9. The molecule has 0 amide bonds. The quantitative estimate of drug-likeness (QED) is 0.659. The van der Waals surface area contributed by atoms with E-state index in [0.29, 0.717) is 15.6 Å². The van der Waals surface area contributed by atoms with Gasteiger partial charge >= 0.3 is 6.16 Å². The summed E-state index contributed by atoms with van der Waals surface area (Å²) in [5, 5.41) is 8.70. The Morgan fingerprint density at radius 1 is 1.20 bits per heavy atom. The van der Waals surface area contributed by atoms with Gasteiger partial charge in [0.1, 0.15) is 11.6 Å². The number of nitrogens with zero attached hydrogens (tertiary/aromatic N) is 1. The number of halogens is 3. The van der Waals surface area contributed by atoms with Gasteiger partial charge in [-0.15, -0.1) is 0 Å². The normalized spacial score (nSPS) is 10.8. The number of rotatable bonds is 3. The SMILES string of the molecule is O=C(O)Oc1cn(Cc2ccc(Br)cc2F)c2ccc(F)cc2c1=O. The predicted octanol–water partition coefficient (Wildman–Crippen LogP) is 4.15. The number of fused-ring (bicyclic) bond motifs is 1. The van der Waals surface area contributed by atoms with Gasteiger partial charge in [-0.2, -0.15) is 0 Å². The zero-order valence-corrected chi connectivity index (χ0v) is 14.1. The minimum absolute atomic E-state index is 0.00248. The lowest BCUT2D eigenvalue weighted by Crippen LogP contribution is -2.17. The summed E-state index contributed by atoms with van der Waals surface area (Å²) in [5.74, 6) is -1.62. The van der Waals surface area contributed by atoms with Gasteiger partial charge in [0.15, 0.2) is 5.75 Å². The maximum Gasteiger partial charge on any atom is 0.511 e. The highest BCUT2D eigenvalue weighted by molar-refractivity contribution is 9.10. The van der Waals surface area contributed by atoms with Crippen LogP contribution in [0.15, 0.2) is 51.9 Å². The van der Waals surface area contributed by atoms with Crippen LogP contribution in [0.2, 0.25) is 0 Å². The molecule has 1 aromatic heterocycles. The van der Waals surface area contributed by atoms with Crippen molar-refractivity contribution in [1.82, 2.24) is 4.57 Å². The molecule has 0 spiro atoms. The summed E-state index contributed by atoms with van der Waals surface area (Å²) >= 11 is 3.16. The van der Waals surface area contributed by atoms with Crippen molar-refractivity contribution >= 4 is 33.0 Å². The maximum atomic E-state index is 14.1. The monoisotopic (exact) mass is 409 g/mol. The Morgan fingerprint density at radius 3 is 2.64 bits per heavy atom. The van der Waals surface area contributed by atoms with Crippen molar-refractivity contribution in [2.45, 2.75) is 6.54 Å². The smallest absolute Gasteiger partial charge is 0.449 e. The first kappa shape index (κ1) is 17.1. The Bertz CT molecular complexity index is 1050. The number of pyridine rings is 1. The second-order valence-electron chi connectivity index (χ2n) is 5.22. The molecule has 0 bridgehead atoms. The van der Waals surface area contributed by atoms with E-state index in [1.54, 1.807) is 12.1 Å². The predicted molar refractivity (Wildman–Crippen MR) is 90.0 cm³/mol. The number of carboxylic acid groups (broad SMARTS) is 1. The van der Waals surface area contributed by atoms with Gasteiger partial charge < -0.3 is 14.4 Å². The Balaban J connectivity index is 2.20. The summed E-state index contributed by atoms with van der Waals surface area (Å²) in [6, 6.07) is 8.00. The molecule has 3 aromatic rings. The summed E-state index contributed by atoms with van der Waals surface area (Å²) < 4.78 is 34.1. The van der Waals surface area contributed by atoms with Crippen LogP contribution in [-0.4, -0.2) is 15.8 Å². The van der Waals surface area contributed by atoms with Gasteiger partial charge in [-0.3, -0.25) is 4.79 Å². The third-order valence-electron chi connectivity index (χ3n) is 3.56. The van der Waals surface area contributed by atoms with E-state index in [9.17, 15) is 18.4 Å². The number of benzene rings is 2. The number of hydrogen-bond acceptors (Lipinski definition) is 3.